The molecule has 0 bridgehead atoms. The third kappa shape index (κ3) is 1.78. The monoisotopic (exact) mass is 294 g/mol. The maximum Gasteiger partial charge on any atom is 0.309 e. The second-order valence-corrected chi connectivity index (χ2v) is 7.87. The Balaban J connectivity index is 1.69. The highest BCUT2D eigenvalue weighted by molar-refractivity contribution is 5.75. The van der Waals surface area contributed by atoms with E-state index in [9.17, 15) is 4.79 Å². The quantitative estimate of drug-likeness (QED) is 0.644. The van der Waals surface area contributed by atoms with Crippen LogP contribution in [0, 0.1) is 29.1 Å². The third-order valence-electron chi connectivity index (χ3n) is 6.95. The van der Waals surface area contributed by atoms with Gasteiger partial charge in [0, 0.05) is 24.2 Å². The van der Waals surface area contributed by atoms with Crippen molar-refractivity contribution in [3.8, 4) is 0 Å². The van der Waals surface area contributed by atoms with E-state index in [1.54, 1.807) is 0 Å². The number of fused-ring (bicyclic) bond motifs is 3. The third-order valence-corrected chi connectivity index (χ3v) is 6.95. The molecule has 118 valence electrons. The number of hydrogen-bond donors (Lipinski definition) is 0. The molecule has 4 fully saturated rings. The summed E-state index contributed by atoms with van der Waals surface area (Å²) < 4.78 is 17.9. The van der Waals surface area contributed by atoms with Crippen LogP contribution >= 0.6 is 0 Å². The van der Waals surface area contributed by atoms with Gasteiger partial charge >= 0.3 is 5.97 Å². The van der Waals surface area contributed by atoms with Crippen molar-refractivity contribution in [2.24, 2.45) is 29.1 Å². The van der Waals surface area contributed by atoms with E-state index < -0.39 is 5.79 Å². The molecule has 0 aromatic rings. The summed E-state index contributed by atoms with van der Waals surface area (Å²) in [7, 11) is 0. The lowest BCUT2D eigenvalue weighted by Crippen LogP contribution is -2.58. The molecule has 6 atom stereocenters. The van der Waals surface area contributed by atoms with Crippen LogP contribution in [0.3, 0.4) is 0 Å². The first-order valence-electron chi connectivity index (χ1n) is 8.45. The van der Waals surface area contributed by atoms with Gasteiger partial charge in [0.25, 0.3) is 0 Å². The minimum Gasteiger partial charge on any atom is -0.462 e. The minimum atomic E-state index is -0.426. The van der Waals surface area contributed by atoms with Gasteiger partial charge in [-0.3, -0.25) is 4.79 Å². The van der Waals surface area contributed by atoms with Gasteiger partial charge in [0.2, 0.25) is 0 Å². The lowest BCUT2D eigenvalue weighted by molar-refractivity contribution is -0.262. The fraction of sp³-hybridized carbons (Fsp3) is 0.941. The Bertz CT molecular complexity index is 456. The van der Waals surface area contributed by atoms with E-state index in [4.69, 9.17) is 14.2 Å². The zero-order chi connectivity index (χ0) is 14.8. The van der Waals surface area contributed by atoms with Crippen LogP contribution in [-0.2, 0) is 19.0 Å². The maximum atomic E-state index is 12.1. The summed E-state index contributed by atoms with van der Waals surface area (Å²) in [5.74, 6) is 0.644. The molecule has 4 aliphatic rings. The molecule has 2 heterocycles. The summed E-state index contributed by atoms with van der Waals surface area (Å²) in [4.78, 5) is 12.1. The van der Waals surface area contributed by atoms with Crippen molar-refractivity contribution in [3.63, 3.8) is 0 Å². The Hall–Kier alpha value is -0.610. The molecule has 2 aliphatic carbocycles. The number of rotatable bonds is 0. The maximum absolute atomic E-state index is 12.1. The molecule has 0 N–H and O–H groups in total. The van der Waals surface area contributed by atoms with Crippen molar-refractivity contribution in [1.29, 1.82) is 0 Å². The molecular weight excluding hydrogens is 268 g/mol. The van der Waals surface area contributed by atoms with E-state index in [0.717, 1.165) is 19.3 Å². The van der Waals surface area contributed by atoms with Crippen molar-refractivity contribution in [1.82, 2.24) is 0 Å². The average Bonchev–Trinajstić information content (AvgIpc) is 3.03. The van der Waals surface area contributed by atoms with Crippen molar-refractivity contribution in [2.75, 3.05) is 13.2 Å². The number of ether oxygens (including phenoxy) is 3. The first-order valence-corrected chi connectivity index (χ1v) is 8.45. The largest absolute Gasteiger partial charge is 0.462 e. The number of carbonyl (C=O) groups excluding carboxylic acids is 1. The molecular formula is C17H26O4. The van der Waals surface area contributed by atoms with Crippen molar-refractivity contribution < 1.29 is 19.0 Å². The zero-order valence-corrected chi connectivity index (χ0v) is 13.3. The summed E-state index contributed by atoms with van der Waals surface area (Å²) >= 11 is 0. The Morgan fingerprint density at radius 1 is 1.10 bits per heavy atom. The Labute approximate surface area is 126 Å². The molecule has 0 aromatic heterocycles. The van der Waals surface area contributed by atoms with Gasteiger partial charge in [0.1, 0.15) is 6.10 Å². The van der Waals surface area contributed by atoms with E-state index >= 15 is 0 Å². The van der Waals surface area contributed by atoms with E-state index in [1.165, 1.54) is 6.42 Å². The first kappa shape index (κ1) is 14.0. The van der Waals surface area contributed by atoms with Gasteiger partial charge in [-0.25, -0.2) is 0 Å². The molecule has 0 aromatic carbocycles. The first-order chi connectivity index (χ1) is 9.97. The highest BCUT2D eigenvalue weighted by Crippen LogP contribution is 2.61. The highest BCUT2D eigenvalue weighted by Gasteiger charge is 2.63. The Kier molecular flexibility index (Phi) is 2.97. The van der Waals surface area contributed by atoms with E-state index in [-0.39, 0.29) is 29.3 Å². The average molecular weight is 294 g/mol. The van der Waals surface area contributed by atoms with Gasteiger partial charge in [-0.15, -0.1) is 0 Å². The summed E-state index contributed by atoms with van der Waals surface area (Å²) in [6, 6.07) is 0. The van der Waals surface area contributed by atoms with Crippen LogP contribution in [-0.4, -0.2) is 31.1 Å². The van der Waals surface area contributed by atoms with Crippen molar-refractivity contribution in [3.05, 3.63) is 0 Å². The molecule has 1 spiro atoms. The standard InChI is InChI=1S/C17H26O4/c1-10-12-4-5-16(3)6-7-17(19-8-9-20-17)11(2)13(16)14(12)21-15(10)18/h10-14H,4-9H2,1-3H3/t10-,11-,12-,13+,14-,16-/m0/s1. The Morgan fingerprint density at radius 2 is 1.81 bits per heavy atom. The second kappa shape index (κ2) is 4.45. The van der Waals surface area contributed by atoms with Gasteiger partial charge in [-0.2, -0.15) is 0 Å². The van der Waals surface area contributed by atoms with Crippen LogP contribution < -0.4 is 0 Å². The van der Waals surface area contributed by atoms with Crippen LogP contribution in [0.5, 0.6) is 0 Å². The zero-order valence-electron chi connectivity index (χ0n) is 13.3. The van der Waals surface area contributed by atoms with Crippen LogP contribution in [0.15, 0.2) is 0 Å². The van der Waals surface area contributed by atoms with Crippen molar-refractivity contribution in [2.45, 2.75) is 58.3 Å². The molecule has 0 amide bonds. The molecule has 2 saturated carbocycles. The lowest BCUT2D eigenvalue weighted by Gasteiger charge is -2.57. The molecule has 21 heavy (non-hydrogen) atoms. The minimum absolute atomic E-state index is 0.00525. The molecule has 4 heteroatoms. The fourth-order valence-corrected chi connectivity index (χ4v) is 5.62. The van der Waals surface area contributed by atoms with Gasteiger partial charge in [0.15, 0.2) is 5.79 Å². The number of carbonyl (C=O) groups is 1. The van der Waals surface area contributed by atoms with Gasteiger partial charge < -0.3 is 14.2 Å². The van der Waals surface area contributed by atoms with E-state index in [0.29, 0.717) is 25.0 Å². The number of hydrogen-bond acceptors (Lipinski definition) is 4. The lowest BCUT2D eigenvalue weighted by atomic mass is 9.52. The predicted molar refractivity (Wildman–Crippen MR) is 76.4 cm³/mol. The van der Waals surface area contributed by atoms with Gasteiger partial charge in [0.05, 0.1) is 19.1 Å². The number of esters is 1. The second-order valence-electron chi connectivity index (χ2n) is 7.87. The van der Waals surface area contributed by atoms with Crippen LogP contribution in [0.25, 0.3) is 0 Å². The predicted octanol–water partition coefficient (Wildman–Crippen LogP) is 2.75. The van der Waals surface area contributed by atoms with Gasteiger partial charge in [-0.05, 0) is 24.7 Å². The molecule has 2 aliphatic heterocycles. The van der Waals surface area contributed by atoms with Crippen LogP contribution in [0.4, 0.5) is 0 Å². The van der Waals surface area contributed by atoms with Gasteiger partial charge in [-0.1, -0.05) is 20.8 Å². The van der Waals surface area contributed by atoms with Crippen LogP contribution in [0.2, 0.25) is 0 Å². The molecule has 0 radical (unpaired) electrons. The van der Waals surface area contributed by atoms with E-state index in [1.807, 2.05) is 6.92 Å². The van der Waals surface area contributed by atoms with Crippen LogP contribution in [0.1, 0.15) is 46.5 Å². The van der Waals surface area contributed by atoms with E-state index in [2.05, 4.69) is 13.8 Å². The topological polar surface area (TPSA) is 44.8 Å². The smallest absolute Gasteiger partial charge is 0.309 e. The summed E-state index contributed by atoms with van der Waals surface area (Å²) in [6.07, 6.45) is 4.46. The molecule has 4 rings (SSSR count). The fourth-order valence-electron chi connectivity index (χ4n) is 5.62. The molecule has 2 saturated heterocycles. The molecule has 0 unspecified atom stereocenters. The highest BCUT2D eigenvalue weighted by atomic mass is 16.7. The SMILES string of the molecule is C[C@@H]1C(=O)O[C@H]2[C@H]1CC[C@@]1(C)CCC3(OCCO3)[C@@H](C)[C@H]21. The molecule has 4 nitrogen and oxygen atoms in total. The normalized spacial score (nSPS) is 51.6. The van der Waals surface area contributed by atoms with Crippen molar-refractivity contribution >= 4 is 5.97 Å². The summed E-state index contributed by atoms with van der Waals surface area (Å²) in [5.41, 5.74) is 0.255. The summed E-state index contributed by atoms with van der Waals surface area (Å²) in [5, 5.41) is 0. The Morgan fingerprint density at radius 3 is 2.52 bits per heavy atom. The summed E-state index contributed by atoms with van der Waals surface area (Å²) in [6.45, 7) is 8.03.